The van der Waals surface area contributed by atoms with Crippen molar-refractivity contribution in [2.45, 2.75) is 25.8 Å². The number of benzene rings is 1. The third kappa shape index (κ3) is 6.13. The highest BCUT2D eigenvalue weighted by Crippen LogP contribution is 2.18. The molecule has 4 nitrogen and oxygen atoms in total. The second-order valence-corrected chi connectivity index (χ2v) is 6.48. The van der Waals surface area contributed by atoms with Crippen LogP contribution in [0.15, 0.2) is 30.3 Å². The van der Waals surface area contributed by atoms with Gasteiger partial charge in [0.15, 0.2) is 0 Å². The first-order chi connectivity index (χ1) is 10.6. The normalized spacial score (nSPS) is 16.7. The Morgan fingerprint density at radius 1 is 1.22 bits per heavy atom. The van der Waals surface area contributed by atoms with Crippen LogP contribution in [0.3, 0.4) is 0 Å². The Kier molecular flexibility index (Phi) is 8.59. The molecule has 0 bridgehead atoms. The topological polar surface area (TPSA) is 35.6 Å². The van der Waals surface area contributed by atoms with E-state index in [-0.39, 0.29) is 24.4 Å². The van der Waals surface area contributed by atoms with Crippen LogP contribution in [-0.2, 0) is 4.79 Å². The highest BCUT2D eigenvalue weighted by molar-refractivity contribution is 5.85. The molecule has 0 saturated carbocycles. The summed E-state index contributed by atoms with van der Waals surface area (Å²) in [6, 6.07) is 10.3. The van der Waals surface area contributed by atoms with Gasteiger partial charge in [-0.25, -0.2) is 0 Å². The molecule has 1 N–H and O–H groups in total. The molecule has 23 heavy (non-hydrogen) atoms. The molecule has 1 aliphatic heterocycles. The molecule has 1 aromatic rings. The first-order valence-corrected chi connectivity index (χ1v) is 8.27. The van der Waals surface area contributed by atoms with Crippen molar-refractivity contribution >= 4 is 18.3 Å². The van der Waals surface area contributed by atoms with Crippen molar-refractivity contribution in [2.24, 2.45) is 5.92 Å². The van der Waals surface area contributed by atoms with Gasteiger partial charge in [-0.05, 0) is 51.4 Å². The van der Waals surface area contributed by atoms with Crippen molar-refractivity contribution in [3.63, 3.8) is 0 Å². The van der Waals surface area contributed by atoms with Crippen molar-refractivity contribution in [3.05, 3.63) is 35.9 Å². The predicted octanol–water partition coefficient (Wildman–Crippen LogP) is 2.56. The molecule has 0 spiro atoms. The number of carbonyl (C=O) groups excluding carboxylic acids is 1. The van der Waals surface area contributed by atoms with Crippen molar-refractivity contribution < 1.29 is 4.79 Å². The third-order valence-electron chi connectivity index (χ3n) is 4.69. The van der Waals surface area contributed by atoms with E-state index in [0.29, 0.717) is 6.54 Å². The number of rotatable bonds is 6. The summed E-state index contributed by atoms with van der Waals surface area (Å²) < 4.78 is 0. The minimum atomic E-state index is 0. The number of carbonyl (C=O) groups is 1. The Labute approximate surface area is 146 Å². The standard InChI is InChI=1S/C18H29N3O.ClH/c1-15(17-7-5-4-6-8-17)21(3)18(22)14-20(2)13-16-9-11-19-12-10-16;/h4-8,15-16,19H,9-14H2,1-3H3;1H. The van der Waals surface area contributed by atoms with Crippen LogP contribution in [0.1, 0.15) is 31.4 Å². The van der Waals surface area contributed by atoms with E-state index in [0.717, 1.165) is 25.6 Å². The number of piperidine rings is 1. The van der Waals surface area contributed by atoms with Crippen molar-refractivity contribution in [3.8, 4) is 0 Å². The van der Waals surface area contributed by atoms with Gasteiger partial charge in [0.2, 0.25) is 5.91 Å². The molecule has 2 rings (SSSR count). The minimum Gasteiger partial charge on any atom is -0.338 e. The van der Waals surface area contributed by atoms with Gasteiger partial charge in [-0.3, -0.25) is 9.69 Å². The molecular formula is C18H30ClN3O. The summed E-state index contributed by atoms with van der Waals surface area (Å²) in [5.74, 6) is 0.906. The lowest BCUT2D eigenvalue weighted by Crippen LogP contribution is -2.41. The number of likely N-dealkylation sites (N-methyl/N-ethyl adjacent to an activating group) is 2. The fourth-order valence-corrected chi connectivity index (χ4v) is 3.08. The summed E-state index contributed by atoms with van der Waals surface area (Å²) in [7, 11) is 3.96. The smallest absolute Gasteiger partial charge is 0.236 e. The molecule has 1 amide bonds. The zero-order valence-corrected chi connectivity index (χ0v) is 15.3. The molecule has 1 atom stereocenters. The van der Waals surface area contributed by atoms with Gasteiger partial charge >= 0.3 is 0 Å². The third-order valence-corrected chi connectivity index (χ3v) is 4.69. The van der Waals surface area contributed by atoms with Gasteiger partial charge in [0.1, 0.15) is 0 Å². The Hall–Kier alpha value is -1.10. The second kappa shape index (κ2) is 9.91. The average Bonchev–Trinajstić information content (AvgIpc) is 2.55. The van der Waals surface area contributed by atoms with Gasteiger partial charge in [0.25, 0.3) is 0 Å². The lowest BCUT2D eigenvalue weighted by molar-refractivity contribution is -0.132. The molecule has 1 aliphatic rings. The Bertz CT molecular complexity index is 463. The highest BCUT2D eigenvalue weighted by Gasteiger charge is 2.20. The minimum absolute atomic E-state index is 0. The van der Waals surface area contributed by atoms with Crippen molar-refractivity contribution in [1.29, 1.82) is 0 Å². The van der Waals surface area contributed by atoms with E-state index >= 15 is 0 Å². The number of halogens is 1. The highest BCUT2D eigenvalue weighted by atomic mass is 35.5. The maximum Gasteiger partial charge on any atom is 0.236 e. The van der Waals surface area contributed by atoms with Crippen LogP contribution in [0.2, 0.25) is 0 Å². The maximum atomic E-state index is 12.5. The Morgan fingerprint density at radius 3 is 2.43 bits per heavy atom. The van der Waals surface area contributed by atoms with Gasteiger partial charge in [0, 0.05) is 13.6 Å². The summed E-state index contributed by atoms with van der Waals surface area (Å²) in [6.07, 6.45) is 2.43. The molecule has 130 valence electrons. The number of hydrogen-bond donors (Lipinski definition) is 1. The summed E-state index contributed by atoms with van der Waals surface area (Å²) in [5.41, 5.74) is 1.18. The second-order valence-electron chi connectivity index (χ2n) is 6.48. The van der Waals surface area contributed by atoms with Gasteiger partial charge in [-0.2, -0.15) is 0 Å². The van der Waals surface area contributed by atoms with E-state index in [1.807, 2.05) is 30.1 Å². The van der Waals surface area contributed by atoms with Crippen LogP contribution in [0.5, 0.6) is 0 Å². The van der Waals surface area contributed by atoms with E-state index in [4.69, 9.17) is 0 Å². The molecule has 1 aromatic carbocycles. The average molecular weight is 340 g/mol. The van der Waals surface area contributed by atoms with Crippen LogP contribution >= 0.6 is 12.4 Å². The molecule has 5 heteroatoms. The largest absolute Gasteiger partial charge is 0.338 e. The van der Waals surface area contributed by atoms with E-state index in [2.05, 4.69) is 36.3 Å². The molecule has 0 radical (unpaired) electrons. The van der Waals surface area contributed by atoms with Crippen LogP contribution in [0, 0.1) is 5.92 Å². The Balaban J connectivity index is 0.00000264. The van der Waals surface area contributed by atoms with Gasteiger partial charge < -0.3 is 10.2 Å². The maximum absolute atomic E-state index is 12.5. The summed E-state index contributed by atoms with van der Waals surface area (Å²) in [6.45, 7) is 5.81. The lowest BCUT2D eigenvalue weighted by Gasteiger charge is -2.30. The van der Waals surface area contributed by atoms with Crippen molar-refractivity contribution in [2.75, 3.05) is 40.3 Å². The molecule has 1 fully saturated rings. The SMILES string of the molecule is CC(c1ccccc1)N(C)C(=O)CN(C)CC1CCNCC1.Cl. The van der Waals surface area contributed by atoms with Gasteiger partial charge in [-0.1, -0.05) is 30.3 Å². The summed E-state index contributed by atoms with van der Waals surface area (Å²) in [4.78, 5) is 16.5. The quantitative estimate of drug-likeness (QED) is 0.865. The van der Waals surface area contributed by atoms with Crippen LogP contribution in [0.4, 0.5) is 0 Å². The summed E-state index contributed by atoms with van der Waals surface area (Å²) in [5, 5.41) is 3.39. The molecule has 1 saturated heterocycles. The summed E-state index contributed by atoms with van der Waals surface area (Å²) >= 11 is 0. The van der Waals surface area contributed by atoms with E-state index in [1.165, 1.54) is 18.4 Å². The molecular weight excluding hydrogens is 310 g/mol. The van der Waals surface area contributed by atoms with Gasteiger partial charge in [0.05, 0.1) is 12.6 Å². The van der Waals surface area contributed by atoms with Gasteiger partial charge in [-0.15, -0.1) is 12.4 Å². The van der Waals surface area contributed by atoms with E-state index in [1.54, 1.807) is 0 Å². The lowest BCUT2D eigenvalue weighted by atomic mass is 9.98. The molecule has 1 heterocycles. The van der Waals surface area contributed by atoms with E-state index in [9.17, 15) is 4.79 Å². The zero-order chi connectivity index (χ0) is 15.9. The number of amides is 1. The number of hydrogen-bond acceptors (Lipinski definition) is 3. The predicted molar refractivity (Wildman–Crippen MR) is 98.0 cm³/mol. The first-order valence-electron chi connectivity index (χ1n) is 8.27. The van der Waals surface area contributed by atoms with E-state index < -0.39 is 0 Å². The zero-order valence-electron chi connectivity index (χ0n) is 14.5. The monoisotopic (exact) mass is 339 g/mol. The fourth-order valence-electron chi connectivity index (χ4n) is 3.08. The number of nitrogens with zero attached hydrogens (tertiary/aromatic N) is 2. The van der Waals surface area contributed by atoms with Crippen LogP contribution in [-0.4, -0.2) is 56.0 Å². The van der Waals surface area contributed by atoms with Crippen molar-refractivity contribution in [1.82, 2.24) is 15.1 Å². The first kappa shape index (κ1) is 19.9. The molecule has 0 aromatic heterocycles. The molecule has 1 unspecified atom stereocenters. The number of nitrogens with one attached hydrogen (secondary N) is 1. The van der Waals surface area contributed by atoms with Crippen LogP contribution in [0.25, 0.3) is 0 Å². The molecule has 0 aliphatic carbocycles. The Morgan fingerprint density at radius 2 is 1.83 bits per heavy atom. The fraction of sp³-hybridized carbons (Fsp3) is 0.611. The van der Waals surface area contributed by atoms with Crippen LogP contribution < -0.4 is 5.32 Å².